The fraction of sp³-hybridized carbons (Fsp3) is 0.0333. The minimum absolute atomic E-state index is 0.0156. The average molecular weight is 522 g/mol. The smallest absolute Gasteiger partial charge is 0.336 e. The molecule has 1 aromatic heterocycles. The number of hydrogen-bond donors (Lipinski definition) is 3. The van der Waals surface area contributed by atoms with E-state index in [0.717, 1.165) is 16.6 Å². The Morgan fingerprint density at radius 2 is 1.82 bits per heavy atom. The van der Waals surface area contributed by atoms with E-state index in [9.17, 15) is 14.7 Å². The number of carboxylic acids is 1. The summed E-state index contributed by atoms with van der Waals surface area (Å²) in [5.41, 5.74) is 11.0. The predicted octanol–water partition coefficient (Wildman–Crippen LogP) is 6.66. The molecule has 3 aromatic carbocycles. The number of aromatic carboxylic acids is 1. The number of nitrogens with one attached hydrogen (secondary N) is 1. The molecule has 38 heavy (non-hydrogen) atoms. The molecule has 0 atom stereocenters. The van der Waals surface area contributed by atoms with Crippen LogP contribution < -0.4 is 16.5 Å². The Labute approximate surface area is 221 Å². The van der Waals surface area contributed by atoms with Crippen LogP contribution in [-0.2, 0) is 6.54 Å². The maximum atomic E-state index is 12.4. The number of nitrogens with two attached hydrogens (primary N) is 1. The summed E-state index contributed by atoms with van der Waals surface area (Å²) in [6.07, 6.45) is 1.74. The highest BCUT2D eigenvalue weighted by Crippen LogP contribution is 2.43. The number of carbonyl (C=O) groups is 1. The molecule has 0 unspecified atom stereocenters. The summed E-state index contributed by atoms with van der Waals surface area (Å²) in [7, 11) is 0. The van der Waals surface area contributed by atoms with Crippen LogP contribution in [0.3, 0.4) is 0 Å². The Bertz CT molecular complexity index is 1910. The summed E-state index contributed by atoms with van der Waals surface area (Å²) in [5.74, 6) is -0.796. The van der Waals surface area contributed by atoms with Gasteiger partial charge in [-0.25, -0.2) is 4.79 Å². The molecule has 0 spiro atoms. The van der Waals surface area contributed by atoms with Crippen molar-refractivity contribution in [1.29, 1.82) is 0 Å². The first-order valence-corrected chi connectivity index (χ1v) is 12.2. The Kier molecular flexibility index (Phi) is 5.70. The molecule has 0 amide bonds. The van der Waals surface area contributed by atoms with Gasteiger partial charge in [-0.3, -0.25) is 9.78 Å². The molecule has 7 nitrogen and oxygen atoms in total. The Morgan fingerprint density at radius 3 is 2.66 bits per heavy atom. The van der Waals surface area contributed by atoms with E-state index in [1.165, 1.54) is 18.2 Å². The number of anilines is 2. The molecule has 4 aromatic rings. The van der Waals surface area contributed by atoms with Crippen LogP contribution in [0.1, 0.15) is 15.9 Å². The summed E-state index contributed by atoms with van der Waals surface area (Å²) in [4.78, 5) is 29.1. The van der Waals surface area contributed by atoms with Gasteiger partial charge in [0.1, 0.15) is 11.3 Å². The average Bonchev–Trinajstić information content (AvgIpc) is 2.92. The first-order valence-electron chi connectivity index (χ1n) is 11.8. The Hall–Kier alpha value is -4.88. The molecule has 186 valence electrons. The van der Waals surface area contributed by atoms with Gasteiger partial charge < -0.3 is 20.6 Å². The highest BCUT2D eigenvalue weighted by atomic mass is 35.5. The Morgan fingerprint density at radius 1 is 1.00 bits per heavy atom. The third kappa shape index (κ3) is 3.90. The van der Waals surface area contributed by atoms with Crippen LogP contribution in [0.15, 0.2) is 94.3 Å². The van der Waals surface area contributed by atoms with Gasteiger partial charge in [-0.05, 0) is 42.0 Å². The van der Waals surface area contributed by atoms with E-state index in [2.05, 4.69) is 10.3 Å². The van der Waals surface area contributed by atoms with Crippen LogP contribution in [0.2, 0.25) is 5.02 Å². The highest BCUT2D eigenvalue weighted by Gasteiger charge is 2.24. The van der Waals surface area contributed by atoms with Crippen molar-refractivity contribution >= 4 is 50.8 Å². The SMILES string of the molecule is Nc1ccc2c(-c3ccccc3C(=O)O)c3cc(Cl)c(=O)cc-3oc2c1CNc1cccc2cccnc12. The lowest BCUT2D eigenvalue weighted by Crippen LogP contribution is -2.08. The summed E-state index contributed by atoms with van der Waals surface area (Å²) < 4.78 is 6.29. The molecule has 4 N–H and O–H groups in total. The van der Waals surface area contributed by atoms with Crippen molar-refractivity contribution in [2.45, 2.75) is 6.54 Å². The number of rotatable bonds is 5. The number of fused-ring (bicyclic) bond motifs is 3. The molecular formula is C30H20ClN3O4. The lowest BCUT2D eigenvalue weighted by Gasteiger charge is -2.19. The normalized spacial score (nSPS) is 11.3. The van der Waals surface area contributed by atoms with Gasteiger partial charge in [-0.2, -0.15) is 0 Å². The number of halogens is 1. The van der Waals surface area contributed by atoms with Crippen molar-refractivity contribution in [2.75, 3.05) is 11.1 Å². The number of carboxylic acid groups (broad SMARTS) is 1. The number of pyridine rings is 1. The van der Waals surface area contributed by atoms with Crippen molar-refractivity contribution in [3.8, 4) is 22.5 Å². The van der Waals surface area contributed by atoms with E-state index in [1.54, 1.807) is 36.5 Å². The van der Waals surface area contributed by atoms with E-state index in [1.807, 2.05) is 30.3 Å². The summed E-state index contributed by atoms with van der Waals surface area (Å²) in [5, 5.41) is 15.0. The fourth-order valence-corrected chi connectivity index (χ4v) is 4.98. The standard InChI is InChI=1S/C30H20ClN3O4/c31-22-13-20-26(14-25(22)35)38-29-19(27(20)17-7-1-2-8-18(17)30(36)37)10-11-23(32)21(29)15-34-24-9-3-5-16-6-4-12-33-28(16)24/h1-14,34H,15,32H2,(H,36,37). The number of benzene rings is 4. The molecule has 2 heterocycles. The molecule has 0 fully saturated rings. The molecule has 0 saturated heterocycles. The molecule has 2 aliphatic rings. The monoisotopic (exact) mass is 521 g/mol. The van der Waals surface area contributed by atoms with E-state index in [0.29, 0.717) is 45.5 Å². The summed E-state index contributed by atoms with van der Waals surface area (Å²) >= 11 is 6.22. The second-order valence-corrected chi connectivity index (χ2v) is 9.26. The van der Waals surface area contributed by atoms with Crippen LogP contribution >= 0.6 is 11.6 Å². The molecule has 6 rings (SSSR count). The van der Waals surface area contributed by atoms with Gasteiger partial charge in [-0.15, -0.1) is 0 Å². The van der Waals surface area contributed by atoms with E-state index < -0.39 is 11.4 Å². The predicted molar refractivity (Wildman–Crippen MR) is 150 cm³/mol. The topological polar surface area (TPSA) is 118 Å². The minimum atomic E-state index is -1.07. The third-order valence-corrected chi connectivity index (χ3v) is 6.89. The summed E-state index contributed by atoms with van der Waals surface area (Å²) in [6, 6.07) is 22.8. The largest absolute Gasteiger partial charge is 0.478 e. The van der Waals surface area contributed by atoms with Crippen LogP contribution in [0, 0.1) is 0 Å². The molecule has 0 bridgehead atoms. The number of aromatic nitrogens is 1. The van der Waals surface area contributed by atoms with Gasteiger partial charge in [0.25, 0.3) is 0 Å². The number of hydrogen-bond acceptors (Lipinski definition) is 6. The van der Waals surface area contributed by atoms with Crippen molar-refractivity contribution in [3.63, 3.8) is 0 Å². The maximum Gasteiger partial charge on any atom is 0.336 e. The van der Waals surface area contributed by atoms with Gasteiger partial charge in [0.05, 0.1) is 21.8 Å². The second kappa shape index (κ2) is 9.21. The van der Waals surface area contributed by atoms with Crippen molar-refractivity contribution in [1.82, 2.24) is 4.98 Å². The molecule has 1 aliphatic carbocycles. The van der Waals surface area contributed by atoms with Gasteiger partial charge >= 0.3 is 5.97 Å². The molecule has 0 saturated carbocycles. The van der Waals surface area contributed by atoms with Crippen LogP contribution in [0.4, 0.5) is 11.4 Å². The highest BCUT2D eigenvalue weighted by molar-refractivity contribution is 6.31. The lowest BCUT2D eigenvalue weighted by atomic mass is 9.90. The van der Waals surface area contributed by atoms with Crippen molar-refractivity contribution in [3.05, 3.63) is 111 Å². The molecule has 1 aliphatic heterocycles. The lowest BCUT2D eigenvalue weighted by molar-refractivity contribution is 0.0697. The van der Waals surface area contributed by atoms with Gasteiger partial charge in [0, 0.05) is 52.0 Å². The number of para-hydroxylation sites is 1. The maximum absolute atomic E-state index is 12.4. The zero-order chi connectivity index (χ0) is 26.4. The van der Waals surface area contributed by atoms with Crippen molar-refractivity contribution in [2.24, 2.45) is 0 Å². The first-order chi connectivity index (χ1) is 18.4. The van der Waals surface area contributed by atoms with Crippen LogP contribution in [0.5, 0.6) is 0 Å². The third-order valence-electron chi connectivity index (χ3n) is 6.60. The van der Waals surface area contributed by atoms with Gasteiger partial charge in [0.15, 0.2) is 0 Å². The quantitative estimate of drug-likeness (QED) is 0.171. The van der Waals surface area contributed by atoms with E-state index in [4.69, 9.17) is 21.8 Å². The van der Waals surface area contributed by atoms with Crippen LogP contribution in [-0.4, -0.2) is 16.1 Å². The molecule has 8 heteroatoms. The van der Waals surface area contributed by atoms with Crippen LogP contribution in [0.25, 0.3) is 44.3 Å². The first kappa shape index (κ1) is 23.5. The number of nitrogen functional groups attached to an aromatic ring is 1. The van der Waals surface area contributed by atoms with Gasteiger partial charge in [-0.1, -0.05) is 48.0 Å². The van der Waals surface area contributed by atoms with E-state index in [-0.39, 0.29) is 16.3 Å². The van der Waals surface area contributed by atoms with Gasteiger partial charge in [0.2, 0.25) is 5.43 Å². The van der Waals surface area contributed by atoms with E-state index >= 15 is 0 Å². The Balaban J connectivity index is 1.61. The minimum Gasteiger partial charge on any atom is -0.478 e. The fourth-order valence-electron chi connectivity index (χ4n) is 4.82. The van der Waals surface area contributed by atoms with Crippen molar-refractivity contribution < 1.29 is 14.3 Å². The summed E-state index contributed by atoms with van der Waals surface area (Å²) in [6.45, 7) is 0.297. The second-order valence-electron chi connectivity index (χ2n) is 8.85. The number of nitrogens with zero attached hydrogens (tertiary/aromatic N) is 1. The molecular weight excluding hydrogens is 502 g/mol. The zero-order valence-electron chi connectivity index (χ0n) is 19.9. The molecule has 0 radical (unpaired) electrons. The zero-order valence-corrected chi connectivity index (χ0v) is 20.6.